The van der Waals surface area contributed by atoms with Crippen LogP contribution in [0.15, 0.2) is 12.7 Å². The molecule has 2 amide bonds. The topological polar surface area (TPSA) is 70.2 Å². The first kappa shape index (κ1) is 15.6. The molecule has 0 atom stereocenters. The van der Waals surface area contributed by atoms with Crippen molar-refractivity contribution >= 4 is 11.8 Å². The van der Waals surface area contributed by atoms with Crippen LogP contribution in [0, 0.1) is 5.92 Å². The van der Waals surface area contributed by atoms with E-state index in [2.05, 4.69) is 22.5 Å². The summed E-state index contributed by atoms with van der Waals surface area (Å²) in [6, 6.07) is 0. The molecule has 0 unspecified atom stereocenters. The molecule has 0 aromatic carbocycles. The van der Waals surface area contributed by atoms with Gasteiger partial charge in [-0.2, -0.15) is 0 Å². The minimum atomic E-state index is -0.108. The predicted molar refractivity (Wildman–Crippen MR) is 68.5 cm³/mol. The van der Waals surface area contributed by atoms with Gasteiger partial charge in [0.15, 0.2) is 0 Å². The fourth-order valence-electron chi connectivity index (χ4n) is 1.07. The fourth-order valence-corrected chi connectivity index (χ4v) is 1.07. The van der Waals surface area contributed by atoms with Gasteiger partial charge in [-0.25, -0.2) is 0 Å². The largest absolute Gasteiger partial charge is 0.356 e. The van der Waals surface area contributed by atoms with Gasteiger partial charge in [-0.1, -0.05) is 19.9 Å². The molecule has 98 valence electrons. The average Bonchev–Trinajstić information content (AvgIpc) is 2.27. The molecule has 0 saturated carbocycles. The molecule has 0 heterocycles. The zero-order valence-electron chi connectivity index (χ0n) is 10.7. The van der Waals surface area contributed by atoms with Crippen LogP contribution in [0.5, 0.6) is 0 Å². The highest BCUT2D eigenvalue weighted by atomic mass is 16.2. The molecule has 0 aliphatic carbocycles. The van der Waals surface area contributed by atoms with Crippen molar-refractivity contribution in [2.75, 3.05) is 26.2 Å². The summed E-state index contributed by atoms with van der Waals surface area (Å²) in [6.07, 6.45) is 2.01. The van der Waals surface area contributed by atoms with Crippen LogP contribution in [0.2, 0.25) is 0 Å². The van der Waals surface area contributed by atoms with Crippen LogP contribution in [-0.2, 0) is 9.59 Å². The van der Waals surface area contributed by atoms with E-state index in [1.165, 1.54) is 0 Å². The molecular weight excluding hydrogens is 218 g/mol. The van der Waals surface area contributed by atoms with Gasteiger partial charge in [-0.15, -0.1) is 6.58 Å². The third-order valence-corrected chi connectivity index (χ3v) is 1.96. The van der Waals surface area contributed by atoms with E-state index >= 15 is 0 Å². The van der Waals surface area contributed by atoms with Crippen molar-refractivity contribution < 1.29 is 9.59 Å². The molecular formula is C12H23N3O2. The highest BCUT2D eigenvalue weighted by Gasteiger charge is 2.03. The van der Waals surface area contributed by atoms with E-state index in [1.807, 2.05) is 13.8 Å². The minimum absolute atomic E-state index is 0.0296. The lowest BCUT2D eigenvalue weighted by Gasteiger charge is -2.08. The smallest absolute Gasteiger partial charge is 0.233 e. The predicted octanol–water partition coefficient (Wildman–Crippen LogP) is 0.0405. The molecule has 0 aliphatic rings. The van der Waals surface area contributed by atoms with Crippen molar-refractivity contribution in [3.63, 3.8) is 0 Å². The van der Waals surface area contributed by atoms with Crippen molar-refractivity contribution in [3.8, 4) is 0 Å². The first-order valence-corrected chi connectivity index (χ1v) is 5.91. The van der Waals surface area contributed by atoms with E-state index in [0.29, 0.717) is 32.0 Å². The summed E-state index contributed by atoms with van der Waals surface area (Å²) in [6.45, 7) is 9.50. The van der Waals surface area contributed by atoms with Gasteiger partial charge < -0.3 is 16.0 Å². The van der Waals surface area contributed by atoms with Crippen molar-refractivity contribution in [1.82, 2.24) is 16.0 Å². The third kappa shape index (κ3) is 10.9. The SMILES string of the molecule is C=CCNCC(=O)NCCC(=O)NCC(C)C. The van der Waals surface area contributed by atoms with Gasteiger partial charge in [0.2, 0.25) is 11.8 Å². The standard InChI is InChI=1S/C12H23N3O2/c1-4-6-13-9-12(17)14-7-5-11(16)15-8-10(2)3/h4,10,13H,1,5-9H2,2-3H3,(H,14,17)(H,15,16). The molecule has 0 bridgehead atoms. The van der Waals surface area contributed by atoms with Gasteiger partial charge in [0.25, 0.3) is 0 Å². The van der Waals surface area contributed by atoms with E-state index in [9.17, 15) is 9.59 Å². The third-order valence-electron chi connectivity index (χ3n) is 1.96. The summed E-state index contributed by atoms with van der Waals surface area (Å²) < 4.78 is 0. The van der Waals surface area contributed by atoms with Gasteiger partial charge in [0.1, 0.15) is 0 Å². The van der Waals surface area contributed by atoms with Gasteiger partial charge >= 0.3 is 0 Å². The second kappa shape index (κ2) is 9.84. The number of hydrogen-bond donors (Lipinski definition) is 3. The number of nitrogens with one attached hydrogen (secondary N) is 3. The summed E-state index contributed by atoms with van der Waals surface area (Å²) in [5.74, 6) is 0.304. The molecule has 5 heteroatoms. The van der Waals surface area contributed by atoms with Crippen LogP contribution in [0.3, 0.4) is 0 Å². The molecule has 17 heavy (non-hydrogen) atoms. The number of carbonyl (C=O) groups excluding carboxylic acids is 2. The normalized spacial score (nSPS) is 10.1. The molecule has 0 rings (SSSR count). The number of hydrogen-bond acceptors (Lipinski definition) is 3. The first-order chi connectivity index (χ1) is 8.06. The van der Waals surface area contributed by atoms with Crippen molar-refractivity contribution in [2.24, 2.45) is 5.92 Å². The Morgan fingerprint density at radius 2 is 1.94 bits per heavy atom. The Balaban J connectivity index is 3.45. The molecule has 0 aliphatic heterocycles. The lowest BCUT2D eigenvalue weighted by atomic mass is 10.2. The van der Waals surface area contributed by atoms with Crippen LogP contribution in [0.25, 0.3) is 0 Å². The van der Waals surface area contributed by atoms with E-state index in [1.54, 1.807) is 6.08 Å². The van der Waals surface area contributed by atoms with Gasteiger partial charge in [0.05, 0.1) is 6.54 Å². The van der Waals surface area contributed by atoms with Gasteiger partial charge in [-0.05, 0) is 5.92 Å². The Kier molecular flexibility index (Phi) is 9.05. The van der Waals surface area contributed by atoms with E-state index in [0.717, 1.165) is 0 Å². The summed E-state index contributed by atoms with van der Waals surface area (Å²) >= 11 is 0. The lowest BCUT2D eigenvalue weighted by Crippen LogP contribution is -2.36. The number of carbonyl (C=O) groups is 2. The minimum Gasteiger partial charge on any atom is -0.356 e. The number of amides is 2. The maximum atomic E-state index is 11.3. The average molecular weight is 241 g/mol. The van der Waals surface area contributed by atoms with Crippen molar-refractivity contribution in [1.29, 1.82) is 0 Å². The van der Waals surface area contributed by atoms with Crippen LogP contribution < -0.4 is 16.0 Å². The van der Waals surface area contributed by atoms with E-state index < -0.39 is 0 Å². The molecule has 3 N–H and O–H groups in total. The van der Waals surface area contributed by atoms with Crippen LogP contribution >= 0.6 is 0 Å². The molecule has 0 radical (unpaired) electrons. The second-order valence-electron chi connectivity index (χ2n) is 4.22. The van der Waals surface area contributed by atoms with Crippen LogP contribution in [0.4, 0.5) is 0 Å². The molecule has 0 spiro atoms. The highest BCUT2D eigenvalue weighted by molar-refractivity contribution is 5.80. The van der Waals surface area contributed by atoms with Crippen molar-refractivity contribution in [2.45, 2.75) is 20.3 Å². The Bertz CT molecular complexity index is 252. The zero-order chi connectivity index (χ0) is 13.1. The van der Waals surface area contributed by atoms with Gasteiger partial charge in [-0.3, -0.25) is 9.59 Å². The lowest BCUT2D eigenvalue weighted by molar-refractivity contribution is -0.122. The molecule has 5 nitrogen and oxygen atoms in total. The molecule has 0 aromatic heterocycles. The maximum Gasteiger partial charge on any atom is 0.233 e. The van der Waals surface area contributed by atoms with E-state index in [4.69, 9.17) is 0 Å². The first-order valence-electron chi connectivity index (χ1n) is 5.91. The van der Waals surface area contributed by atoms with E-state index in [-0.39, 0.29) is 18.4 Å². The Labute approximate surface area is 103 Å². The Morgan fingerprint density at radius 1 is 1.24 bits per heavy atom. The Morgan fingerprint density at radius 3 is 2.53 bits per heavy atom. The summed E-state index contributed by atoms with van der Waals surface area (Å²) in [4.78, 5) is 22.5. The molecule has 0 fully saturated rings. The summed E-state index contributed by atoms with van der Waals surface area (Å²) in [7, 11) is 0. The Hall–Kier alpha value is -1.36. The summed E-state index contributed by atoms with van der Waals surface area (Å²) in [5.41, 5.74) is 0. The number of rotatable bonds is 9. The molecule has 0 aromatic rings. The maximum absolute atomic E-state index is 11.3. The highest BCUT2D eigenvalue weighted by Crippen LogP contribution is 1.87. The van der Waals surface area contributed by atoms with Crippen LogP contribution in [-0.4, -0.2) is 38.0 Å². The van der Waals surface area contributed by atoms with Crippen molar-refractivity contribution in [3.05, 3.63) is 12.7 Å². The zero-order valence-corrected chi connectivity index (χ0v) is 10.7. The van der Waals surface area contributed by atoms with Gasteiger partial charge in [0, 0.05) is 26.1 Å². The summed E-state index contributed by atoms with van der Waals surface area (Å²) in [5, 5.41) is 8.33. The van der Waals surface area contributed by atoms with Crippen LogP contribution in [0.1, 0.15) is 20.3 Å². The monoisotopic (exact) mass is 241 g/mol. The quantitative estimate of drug-likeness (QED) is 0.394. The second-order valence-corrected chi connectivity index (χ2v) is 4.22. The fraction of sp³-hybridized carbons (Fsp3) is 0.667. The molecule has 0 saturated heterocycles.